The van der Waals surface area contributed by atoms with Crippen molar-refractivity contribution in [2.75, 3.05) is 0 Å². The number of nitrogens with zero attached hydrogens (tertiary/aromatic N) is 3. The van der Waals surface area contributed by atoms with Crippen LogP contribution in [0.2, 0.25) is 5.28 Å². The van der Waals surface area contributed by atoms with Gasteiger partial charge in [0, 0.05) is 11.5 Å². The Morgan fingerprint density at radius 2 is 2.00 bits per heavy atom. The Morgan fingerprint density at radius 3 is 2.84 bits per heavy atom. The van der Waals surface area contributed by atoms with Crippen LogP contribution >= 0.6 is 11.6 Å². The quantitative estimate of drug-likeness (QED) is 0.532. The fourth-order valence-electron chi connectivity index (χ4n) is 4.07. The molecular formula is C18H15ClN4O2. The molecule has 0 amide bonds. The van der Waals surface area contributed by atoms with Crippen LogP contribution < -0.4 is 0 Å². The van der Waals surface area contributed by atoms with E-state index in [1.54, 1.807) is 6.20 Å². The summed E-state index contributed by atoms with van der Waals surface area (Å²) in [6, 6.07) is 7.71. The van der Waals surface area contributed by atoms with E-state index in [4.69, 9.17) is 16.3 Å². The number of carbonyl (C=O) groups is 1. The molecule has 0 bridgehead atoms. The van der Waals surface area contributed by atoms with Gasteiger partial charge in [0.05, 0.1) is 11.8 Å². The molecular weight excluding hydrogens is 340 g/mol. The molecule has 0 unspecified atom stereocenters. The largest absolute Gasteiger partial charge is 0.451 e. The third-order valence-electron chi connectivity index (χ3n) is 5.33. The highest BCUT2D eigenvalue weighted by molar-refractivity contribution is 6.28. The van der Waals surface area contributed by atoms with Crippen LogP contribution in [0.15, 0.2) is 30.5 Å². The molecule has 0 saturated heterocycles. The summed E-state index contributed by atoms with van der Waals surface area (Å²) in [5.41, 5.74) is 2.64. The molecule has 3 heterocycles. The van der Waals surface area contributed by atoms with Crippen molar-refractivity contribution in [3.8, 4) is 0 Å². The molecule has 0 radical (unpaired) electrons. The molecule has 2 aromatic heterocycles. The van der Waals surface area contributed by atoms with Crippen molar-refractivity contribution in [3.63, 3.8) is 0 Å². The summed E-state index contributed by atoms with van der Waals surface area (Å²) in [7, 11) is 0. The second kappa shape index (κ2) is 5.26. The molecule has 1 aliphatic carbocycles. The molecule has 6 nitrogen and oxygen atoms in total. The number of aromatic nitrogens is 4. The molecule has 1 N–H and O–H groups in total. The number of fused-ring (bicyclic) bond motifs is 3. The summed E-state index contributed by atoms with van der Waals surface area (Å²) in [4.78, 5) is 28.2. The number of nitrogens with one attached hydrogen (secondary N) is 1. The lowest BCUT2D eigenvalue weighted by atomic mass is 9.75. The zero-order valence-electron chi connectivity index (χ0n) is 13.3. The van der Waals surface area contributed by atoms with Gasteiger partial charge < -0.3 is 9.72 Å². The van der Waals surface area contributed by atoms with E-state index in [0.29, 0.717) is 11.2 Å². The Balaban J connectivity index is 1.42. The second-order valence-corrected chi connectivity index (χ2v) is 7.04. The summed E-state index contributed by atoms with van der Waals surface area (Å²) < 4.78 is 5.81. The molecule has 2 aliphatic rings. The average molecular weight is 355 g/mol. The Kier molecular flexibility index (Phi) is 3.12. The number of esters is 1. The van der Waals surface area contributed by atoms with Crippen molar-refractivity contribution in [2.24, 2.45) is 0 Å². The zero-order chi connectivity index (χ0) is 17.0. The SMILES string of the molecule is O=C1O[C@]2(CC[C@H](c3nc4nc(Cl)ncc4[nH]3)CC2)c2ccccc21. The van der Waals surface area contributed by atoms with Crippen molar-refractivity contribution < 1.29 is 9.53 Å². The predicted molar refractivity (Wildman–Crippen MR) is 91.4 cm³/mol. The van der Waals surface area contributed by atoms with Gasteiger partial charge in [-0.3, -0.25) is 0 Å². The van der Waals surface area contributed by atoms with E-state index in [1.807, 2.05) is 24.3 Å². The van der Waals surface area contributed by atoms with Crippen LogP contribution in [0.1, 0.15) is 53.3 Å². The lowest BCUT2D eigenvalue weighted by Crippen LogP contribution is -2.31. The summed E-state index contributed by atoms with van der Waals surface area (Å²) in [5, 5.41) is 0.197. The molecule has 1 aliphatic heterocycles. The minimum absolute atomic E-state index is 0.197. The first-order valence-electron chi connectivity index (χ1n) is 8.36. The maximum Gasteiger partial charge on any atom is 0.339 e. The van der Waals surface area contributed by atoms with Gasteiger partial charge in [-0.2, -0.15) is 4.98 Å². The minimum atomic E-state index is -0.473. The van der Waals surface area contributed by atoms with E-state index in [0.717, 1.165) is 42.6 Å². The Labute approximate surface area is 148 Å². The third-order valence-corrected chi connectivity index (χ3v) is 5.52. The van der Waals surface area contributed by atoms with Crippen molar-refractivity contribution in [1.82, 2.24) is 19.9 Å². The van der Waals surface area contributed by atoms with E-state index < -0.39 is 5.60 Å². The number of ether oxygens (including phenoxy) is 1. The first-order chi connectivity index (χ1) is 12.1. The summed E-state index contributed by atoms with van der Waals surface area (Å²) in [6.45, 7) is 0. The van der Waals surface area contributed by atoms with Crippen LogP contribution in [0.3, 0.4) is 0 Å². The molecule has 1 spiro atoms. The highest BCUT2D eigenvalue weighted by Gasteiger charge is 2.47. The van der Waals surface area contributed by atoms with E-state index in [-0.39, 0.29) is 17.2 Å². The first-order valence-corrected chi connectivity index (χ1v) is 8.73. The van der Waals surface area contributed by atoms with Crippen molar-refractivity contribution in [1.29, 1.82) is 0 Å². The topological polar surface area (TPSA) is 80.8 Å². The van der Waals surface area contributed by atoms with Crippen LogP contribution in [0, 0.1) is 0 Å². The lowest BCUT2D eigenvalue weighted by molar-refractivity contribution is -0.0312. The Bertz CT molecular complexity index is 992. The van der Waals surface area contributed by atoms with Crippen LogP contribution in [-0.4, -0.2) is 25.9 Å². The Morgan fingerprint density at radius 1 is 1.20 bits per heavy atom. The average Bonchev–Trinajstić information content (AvgIpc) is 3.16. The van der Waals surface area contributed by atoms with Crippen LogP contribution in [-0.2, 0) is 10.3 Å². The lowest BCUT2D eigenvalue weighted by Gasteiger charge is -2.35. The van der Waals surface area contributed by atoms with E-state index >= 15 is 0 Å². The standard InChI is InChI=1S/C18H15ClN4O2/c19-17-20-9-13-15(23-17)22-14(21-13)10-5-7-18(8-6-10)12-4-2-1-3-11(12)16(24)25-18/h1-4,9-10H,5-8H2,(H,20,21,22,23)/t10-,18-. The number of hydrogen-bond acceptors (Lipinski definition) is 5. The monoisotopic (exact) mass is 354 g/mol. The van der Waals surface area contributed by atoms with E-state index in [9.17, 15) is 4.79 Å². The number of H-pyrrole nitrogens is 1. The number of rotatable bonds is 1. The van der Waals surface area contributed by atoms with E-state index in [2.05, 4.69) is 19.9 Å². The molecule has 1 saturated carbocycles. The number of hydrogen-bond donors (Lipinski definition) is 1. The second-order valence-electron chi connectivity index (χ2n) is 6.70. The number of halogens is 1. The smallest absolute Gasteiger partial charge is 0.339 e. The van der Waals surface area contributed by atoms with Gasteiger partial charge in [-0.1, -0.05) is 18.2 Å². The van der Waals surface area contributed by atoms with Gasteiger partial charge in [0.25, 0.3) is 0 Å². The van der Waals surface area contributed by atoms with Gasteiger partial charge in [-0.05, 0) is 43.4 Å². The third kappa shape index (κ3) is 2.24. The molecule has 0 atom stereocenters. The highest BCUT2D eigenvalue weighted by Crippen LogP contribution is 2.49. The Hall–Kier alpha value is -2.47. The van der Waals surface area contributed by atoms with Gasteiger partial charge in [0.15, 0.2) is 5.65 Å². The first kappa shape index (κ1) is 14.8. The predicted octanol–water partition coefficient (Wildman–Crippen LogP) is 3.73. The minimum Gasteiger partial charge on any atom is -0.451 e. The summed E-state index contributed by atoms with van der Waals surface area (Å²) in [6.07, 6.45) is 5.03. The molecule has 1 fully saturated rings. The van der Waals surface area contributed by atoms with Gasteiger partial charge in [0.2, 0.25) is 5.28 Å². The van der Waals surface area contributed by atoms with E-state index in [1.165, 1.54) is 0 Å². The van der Waals surface area contributed by atoms with Crippen LogP contribution in [0.4, 0.5) is 0 Å². The number of aromatic amines is 1. The van der Waals surface area contributed by atoms with Crippen LogP contribution in [0.25, 0.3) is 11.2 Å². The molecule has 5 rings (SSSR count). The molecule has 3 aromatic rings. The van der Waals surface area contributed by atoms with Gasteiger partial charge in [0.1, 0.15) is 16.9 Å². The van der Waals surface area contributed by atoms with Gasteiger partial charge in [-0.15, -0.1) is 0 Å². The number of benzene rings is 1. The maximum absolute atomic E-state index is 12.2. The normalized spacial score (nSPS) is 25.3. The van der Waals surface area contributed by atoms with Gasteiger partial charge >= 0.3 is 5.97 Å². The highest BCUT2D eigenvalue weighted by atomic mass is 35.5. The fourth-order valence-corrected chi connectivity index (χ4v) is 4.20. The van der Waals surface area contributed by atoms with Gasteiger partial charge in [-0.25, -0.2) is 14.8 Å². The number of imidazole rings is 1. The zero-order valence-corrected chi connectivity index (χ0v) is 14.1. The fraction of sp³-hybridized carbons (Fsp3) is 0.333. The molecule has 25 heavy (non-hydrogen) atoms. The molecule has 1 aromatic carbocycles. The van der Waals surface area contributed by atoms with Crippen molar-refractivity contribution in [2.45, 2.75) is 37.2 Å². The van der Waals surface area contributed by atoms with Crippen molar-refractivity contribution >= 4 is 28.7 Å². The van der Waals surface area contributed by atoms with Crippen molar-refractivity contribution in [3.05, 3.63) is 52.7 Å². The molecule has 7 heteroatoms. The summed E-state index contributed by atoms with van der Waals surface area (Å²) in [5.74, 6) is 0.979. The maximum atomic E-state index is 12.2. The summed E-state index contributed by atoms with van der Waals surface area (Å²) >= 11 is 5.83. The number of carbonyl (C=O) groups excluding carboxylic acids is 1. The van der Waals surface area contributed by atoms with Crippen LogP contribution in [0.5, 0.6) is 0 Å². The molecule has 126 valence electrons.